The number of primary amides is 1. The quantitative estimate of drug-likeness (QED) is 0.695. The van der Waals surface area contributed by atoms with Crippen molar-refractivity contribution in [3.05, 3.63) is 34.9 Å². The minimum atomic E-state index is -0.463. The Balaban J connectivity index is 2.49. The third kappa shape index (κ3) is 1.16. The summed E-state index contributed by atoms with van der Waals surface area (Å²) in [6.07, 6.45) is 0. The Labute approximate surface area is 81.3 Å². The van der Waals surface area contributed by atoms with Crippen LogP contribution in [0.4, 0.5) is 0 Å². The molecule has 1 aliphatic rings. The number of hydrogen-bond donors (Lipinski definition) is 1. The largest absolute Gasteiger partial charge is 0.366 e. The number of nitrogens with zero attached hydrogens (tertiary/aromatic N) is 1. The van der Waals surface area contributed by atoms with E-state index in [1.54, 1.807) is 30.1 Å². The van der Waals surface area contributed by atoms with Gasteiger partial charge in [-0.15, -0.1) is 0 Å². The van der Waals surface area contributed by atoms with Crippen LogP contribution in [0.5, 0.6) is 0 Å². The maximum Gasteiger partial charge on any atom is 0.254 e. The average Bonchev–Trinajstić information content (AvgIpc) is 2.42. The molecule has 1 heterocycles. The molecule has 0 bridgehead atoms. The van der Waals surface area contributed by atoms with Crippen LogP contribution in [-0.2, 0) is 6.54 Å². The molecule has 0 spiro atoms. The molecule has 4 heteroatoms. The van der Waals surface area contributed by atoms with E-state index in [1.807, 2.05) is 0 Å². The number of nitrogens with two attached hydrogens (primary N) is 1. The Morgan fingerprint density at radius 1 is 1.50 bits per heavy atom. The number of rotatable bonds is 1. The third-order valence-corrected chi connectivity index (χ3v) is 2.37. The van der Waals surface area contributed by atoms with Crippen molar-refractivity contribution < 1.29 is 9.59 Å². The predicted molar refractivity (Wildman–Crippen MR) is 50.8 cm³/mol. The van der Waals surface area contributed by atoms with E-state index in [1.165, 1.54) is 0 Å². The lowest BCUT2D eigenvalue weighted by molar-refractivity contribution is 0.0816. The molecule has 0 unspecified atom stereocenters. The molecule has 72 valence electrons. The molecule has 0 aliphatic carbocycles. The summed E-state index contributed by atoms with van der Waals surface area (Å²) in [4.78, 5) is 24.0. The molecule has 2 amide bonds. The fourth-order valence-corrected chi connectivity index (χ4v) is 1.62. The number of hydrogen-bond acceptors (Lipinski definition) is 2. The Bertz CT molecular complexity index is 426. The first-order valence-corrected chi connectivity index (χ1v) is 4.28. The van der Waals surface area contributed by atoms with Gasteiger partial charge in [0, 0.05) is 24.7 Å². The highest BCUT2D eigenvalue weighted by atomic mass is 16.2. The molecule has 0 radical (unpaired) electrons. The van der Waals surface area contributed by atoms with Gasteiger partial charge in [0.2, 0.25) is 5.91 Å². The SMILES string of the molecule is CN1Cc2cc(C(N)=O)ccc2C1=O. The van der Waals surface area contributed by atoms with Crippen molar-refractivity contribution in [1.29, 1.82) is 0 Å². The highest BCUT2D eigenvalue weighted by molar-refractivity contribution is 6.00. The van der Waals surface area contributed by atoms with Crippen LogP contribution in [0.1, 0.15) is 26.3 Å². The zero-order valence-electron chi connectivity index (χ0n) is 7.78. The topological polar surface area (TPSA) is 63.4 Å². The van der Waals surface area contributed by atoms with E-state index in [-0.39, 0.29) is 5.91 Å². The molecular weight excluding hydrogens is 180 g/mol. The van der Waals surface area contributed by atoms with Crippen molar-refractivity contribution in [2.75, 3.05) is 7.05 Å². The van der Waals surface area contributed by atoms with Crippen LogP contribution in [0.15, 0.2) is 18.2 Å². The third-order valence-electron chi connectivity index (χ3n) is 2.37. The van der Waals surface area contributed by atoms with Crippen LogP contribution in [0, 0.1) is 0 Å². The van der Waals surface area contributed by atoms with Gasteiger partial charge in [-0.1, -0.05) is 0 Å². The molecule has 0 saturated heterocycles. The second-order valence-corrected chi connectivity index (χ2v) is 3.40. The molecule has 1 aromatic rings. The normalized spacial score (nSPS) is 14.4. The van der Waals surface area contributed by atoms with Crippen molar-refractivity contribution in [3.8, 4) is 0 Å². The van der Waals surface area contributed by atoms with E-state index in [4.69, 9.17) is 5.73 Å². The van der Waals surface area contributed by atoms with Gasteiger partial charge in [-0.2, -0.15) is 0 Å². The van der Waals surface area contributed by atoms with Crippen molar-refractivity contribution in [2.24, 2.45) is 5.73 Å². The van der Waals surface area contributed by atoms with Crippen LogP contribution in [0.2, 0.25) is 0 Å². The molecule has 2 rings (SSSR count). The van der Waals surface area contributed by atoms with E-state index in [9.17, 15) is 9.59 Å². The van der Waals surface area contributed by atoms with Gasteiger partial charge in [0.15, 0.2) is 0 Å². The lowest BCUT2D eigenvalue weighted by Gasteiger charge is -2.04. The lowest BCUT2D eigenvalue weighted by atomic mass is 10.1. The monoisotopic (exact) mass is 190 g/mol. The molecule has 0 aromatic heterocycles. The number of carbonyl (C=O) groups is 2. The molecule has 4 nitrogen and oxygen atoms in total. The van der Waals surface area contributed by atoms with Gasteiger partial charge in [-0.3, -0.25) is 9.59 Å². The summed E-state index contributed by atoms with van der Waals surface area (Å²) < 4.78 is 0. The number of benzene rings is 1. The Morgan fingerprint density at radius 3 is 2.86 bits per heavy atom. The molecule has 2 N–H and O–H groups in total. The molecule has 14 heavy (non-hydrogen) atoms. The van der Waals surface area contributed by atoms with Gasteiger partial charge in [-0.25, -0.2) is 0 Å². The second-order valence-electron chi connectivity index (χ2n) is 3.40. The van der Waals surface area contributed by atoms with Crippen LogP contribution >= 0.6 is 0 Å². The zero-order chi connectivity index (χ0) is 10.3. The minimum Gasteiger partial charge on any atom is -0.366 e. The summed E-state index contributed by atoms with van der Waals surface area (Å²) in [7, 11) is 1.73. The van der Waals surface area contributed by atoms with Crippen molar-refractivity contribution in [1.82, 2.24) is 4.90 Å². The van der Waals surface area contributed by atoms with Crippen LogP contribution in [0.25, 0.3) is 0 Å². The molecule has 0 saturated carbocycles. The second kappa shape index (κ2) is 2.83. The van der Waals surface area contributed by atoms with Crippen molar-refractivity contribution in [2.45, 2.75) is 6.54 Å². The van der Waals surface area contributed by atoms with Gasteiger partial charge in [0.05, 0.1) is 0 Å². The summed E-state index contributed by atoms with van der Waals surface area (Å²) in [5.74, 6) is -0.467. The average molecular weight is 190 g/mol. The fourth-order valence-electron chi connectivity index (χ4n) is 1.62. The smallest absolute Gasteiger partial charge is 0.254 e. The first-order valence-electron chi connectivity index (χ1n) is 4.28. The van der Waals surface area contributed by atoms with E-state index < -0.39 is 5.91 Å². The Hall–Kier alpha value is -1.84. The van der Waals surface area contributed by atoms with Gasteiger partial charge < -0.3 is 10.6 Å². The lowest BCUT2D eigenvalue weighted by Crippen LogP contribution is -2.17. The summed E-state index contributed by atoms with van der Waals surface area (Å²) in [6, 6.07) is 4.92. The van der Waals surface area contributed by atoms with Crippen LogP contribution in [0.3, 0.4) is 0 Å². The first-order chi connectivity index (χ1) is 6.59. The van der Waals surface area contributed by atoms with Crippen molar-refractivity contribution >= 4 is 11.8 Å². The number of carbonyl (C=O) groups excluding carboxylic acids is 2. The standard InChI is InChI=1S/C10H10N2O2/c1-12-5-7-4-6(9(11)13)2-3-8(7)10(12)14/h2-4H,5H2,1H3,(H2,11,13). The predicted octanol–water partition coefficient (Wildman–Crippen LogP) is 0.371. The van der Waals surface area contributed by atoms with E-state index in [0.29, 0.717) is 17.7 Å². The maximum atomic E-state index is 11.5. The number of fused-ring (bicyclic) bond motifs is 1. The maximum absolute atomic E-state index is 11.5. The number of amides is 2. The molecule has 1 aromatic carbocycles. The van der Waals surface area contributed by atoms with Gasteiger partial charge >= 0.3 is 0 Å². The Kier molecular flexibility index (Phi) is 1.77. The summed E-state index contributed by atoms with van der Waals surface area (Å²) in [5.41, 5.74) is 7.12. The molecular formula is C10H10N2O2. The molecule has 0 atom stereocenters. The van der Waals surface area contributed by atoms with E-state index in [0.717, 1.165) is 5.56 Å². The zero-order valence-corrected chi connectivity index (χ0v) is 7.78. The highest BCUT2D eigenvalue weighted by Gasteiger charge is 2.24. The highest BCUT2D eigenvalue weighted by Crippen LogP contribution is 2.22. The first kappa shape index (κ1) is 8.74. The van der Waals surface area contributed by atoms with Gasteiger partial charge in [0.25, 0.3) is 5.91 Å². The van der Waals surface area contributed by atoms with Crippen LogP contribution in [-0.4, -0.2) is 23.8 Å². The van der Waals surface area contributed by atoms with E-state index in [2.05, 4.69) is 0 Å². The van der Waals surface area contributed by atoms with E-state index >= 15 is 0 Å². The van der Waals surface area contributed by atoms with Crippen LogP contribution < -0.4 is 5.73 Å². The Morgan fingerprint density at radius 2 is 2.21 bits per heavy atom. The van der Waals surface area contributed by atoms with Crippen molar-refractivity contribution in [3.63, 3.8) is 0 Å². The fraction of sp³-hybridized carbons (Fsp3) is 0.200. The van der Waals surface area contributed by atoms with Gasteiger partial charge in [0.1, 0.15) is 0 Å². The summed E-state index contributed by atoms with van der Waals surface area (Å²) >= 11 is 0. The minimum absolute atomic E-state index is 0.00368. The summed E-state index contributed by atoms with van der Waals surface area (Å²) in [5, 5.41) is 0. The van der Waals surface area contributed by atoms with Gasteiger partial charge in [-0.05, 0) is 23.8 Å². The molecule has 1 aliphatic heterocycles. The summed E-state index contributed by atoms with van der Waals surface area (Å²) in [6.45, 7) is 0.551. The molecule has 0 fully saturated rings.